The molecule has 2 nitrogen and oxygen atoms in total. The number of nitrogens with zero attached hydrogens (tertiary/aromatic N) is 2. The van der Waals surface area contributed by atoms with Crippen molar-refractivity contribution in [3.8, 4) is 0 Å². The summed E-state index contributed by atoms with van der Waals surface area (Å²) in [6.07, 6.45) is 12.0. The van der Waals surface area contributed by atoms with Gasteiger partial charge in [-0.25, -0.2) is 4.98 Å². The number of benzene rings is 1. The van der Waals surface area contributed by atoms with Gasteiger partial charge in [0.1, 0.15) is 0 Å². The lowest BCUT2D eigenvalue weighted by Gasteiger charge is -2.21. The first-order valence-electron chi connectivity index (χ1n) is 9.51. The van der Waals surface area contributed by atoms with Crippen LogP contribution in [-0.2, 0) is 0 Å². The summed E-state index contributed by atoms with van der Waals surface area (Å²) in [5, 5.41) is 1.09. The fourth-order valence-corrected chi connectivity index (χ4v) is 3.89. The largest absolute Gasteiger partial charge is 0.264 e. The topological polar surface area (TPSA) is 25.8 Å². The van der Waals surface area contributed by atoms with Crippen LogP contribution in [0.3, 0.4) is 0 Å². The summed E-state index contributed by atoms with van der Waals surface area (Å²) in [5.41, 5.74) is 7.59. The molecule has 0 amide bonds. The highest BCUT2D eigenvalue weighted by atomic mass is 14.7. The lowest BCUT2D eigenvalue weighted by atomic mass is 9.84. The zero-order valence-electron chi connectivity index (χ0n) is 15.0. The molecule has 0 saturated heterocycles. The van der Waals surface area contributed by atoms with Crippen LogP contribution in [0.4, 0.5) is 0 Å². The quantitative estimate of drug-likeness (QED) is 0.584. The van der Waals surface area contributed by atoms with Crippen LogP contribution in [0.25, 0.3) is 22.0 Å². The molecular formula is C24H22N2. The molecule has 128 valence electrons. The number of fused-ring (bicyclic) bond motifs is 1. The van der Waals surface area contributed by atoms with Crippen molar-refractivity contribution < 1.29 is 0 Å². The molecule has 2 aliphatic carbocycles. The Bertz CT molecular complexity index is 1040. The van der Waals surface area contributed by atoms with Gasteiger partial charge in [-0.3, -0.25) is 4.98 Å². The van der Waals surface area contributed by atoms with E-state index in [1.807, 2.05) is 18.5 Å². The molecule has 1 saturated carbocycles. The monoisotopic (exact) mass is 338 g/mol. The zero-order chi connectivity index (χ0) is 17.5. The molecule has 0 spiro atoms. The lowest BCUT2D eigenvalue weighted by molar-refractivity contribution is 0.750. The third-order valence-electron chi connectivity index (χ3n) is 5.49. The van der Waals surface area contributed by atoms with E-state index >= 15 is 0 Å². The summed E-state index contributed by atoms with van der Waals surface area (Å²) in [5.74, 6) is 1.34. The molecule has 0 bridgehead atoms. The maximum Gasteiger partial charge on any atom is 0.0740 e. The van der Waals surface area contributed by atoms with Crippen molar-refractivity contribution in [2.24, 2.45) is 5.92 Å². The van der Waals surface area contributed by atoms with E-state index in [0.29, 0.717) is 5.92 Å². The summed E-state index contributed by atoms with van der Waals surface area (Å²) in [4.78, 5) is 9.11. The third-order valence-corrected chi connectivity index (χ3v) is 5.49. The van der Waals surface area contributed by atoms with Crippen molar-refractivity contribution in [3.05, 3.63) is 83.8 Å². The first-order chi connectivity index (χ1) is 12.8. The Labute approximate surface area is 154 Å². The minimum Gasteiger partial charge on any atom is -0.264 e. The Morgan fingerprint density at radius 2 is 1.96 bits per heavy atom. The van der Waals surface area contributed by atoms with Gasteiger partial charge < -0.3 is 0 Å². The van der Waals surface area contributed by atoms with E-state index in [9.17, 15) is 0 Å². The van der Waals surface area contributed by atoms with Crippen molar-refractivity contribution in [2.45, 2.75) is 32.1 Å². The fourth-order valence-electron chi connectivity index (χ4n) is 3.89. The highest BCUT2D eigenvalue weighted by Crippen LogP contribution is 2.42. The predicted octanol–water partition coefficient (Wildman–Crippen LogP) is 6.01. The number of allylic oxidation sites excluding steroid dienone is 4. The molecule has 3 aromatic rings. The second-order valence-corrected chi connectivity index (χ2v) is 7.60. The minimum atomic E-state index is 0.558. The molecule has 0 N–H and O–H groups in total. The van der Waals surface area contributed by atoms with Gasteiger partial charge in [-0.15, -0.1) is 0 Å². The number of rotatable bonds is 3. The van der Waals surface area contributed by atoms with Crippen molar-refractivity contribution in [1.82, 2.24) is 9.97 Å². The Morgan fingerprint density at radius 1 is 1.04 bits per heavy atom. The van der Waals surface area contributed by atoms with Crippen LogP contribution in [0.2, 0.25) is 0 Å². The average Bonchev–Trinajstić information content (AvgIpc) is 3.53. The minimum absolute atomic E-state index is 0.558. The summed E-state index contributed by atoms with van der Waals surface area (Å²) >= 11 is 0. The van der Waals surface area contributed by atoms with Gasteiger partial charge in [0.2, 0.25) is 0 Å². The van der Waals surface area contributed by atoms with Crippen molar-refractivity contribution in [1.29, 1.82) is 0 Å². The van der Waals surface area contributed by atoms with Crippen LogP contribution in [0.5, 0.6) is 0 Å². The second kappa shape index (κ2) is 6.21. The SMILES string of the molecule is CC1C=CC(c2ccc3cnccc3n2)=C(c2cccc(C3CC3)c2)C1. The molecule has 5 rings (SSSR count). The van der Waals surface area contributed by atoms with E-state index in [2.05, 4.69) is 60.5 Å². The lowest BCUT2D eigenvalue weighted by Crippen LogP contribution is -2.03. The number of aromatic nitrogens is 2. The van der Waals surface area contributed by atoms with E-state index in [1.54, 1.807) is 0 Å². The zero-order valence-corrected chi connectivity index (χ0v) is 15.0. The highest BCUT2D eigenvalue weighted by Gasteiger charge is 2.24. The van der Waals surface area contributed by atoms with Crippen LogP contribution in [-0.4, -0.2) is 9.97 Å². The Balaban J connectivity index is 1.65. The van der Waals surface area contributed by atoms with Crippen LogP contribution in [0.15, 0.2) is 67.0 Å². The standard InChI is InChI=1S/C24H22N2/c1-16-5-9-21(24-10-8-20-15-25-12-11-23(20)26-24)22(13-16)19-4-2-3-18(14-19)17-6-7-17/h2-5,8-12,14-17H,6-7,13H2,1H3. The summed E-state index contributed by atoms with van der Waals surface area (Å²) in [7, 11) is 0. The number of hydrogen-bond donors (Lipinski definition) is 0. The highest BCUT2D eigenvalue weighted by molar-refractivity contribution is 5.97. The summed E-state index contributed by atoms with van der Waals surface area (Å²) < 4.78 is 0. The third kappa shape index (κ3) is 2.86. The van der Waals surface area contributed by atoms with Gasteiger partial charge in [-0.1, -0.05) is 43.3 Å². The molecule has 1 atom stereocenters. The van der Waals surface area contributed by atoms with Gasteiger partial charge in [-0.2, -0.15) is 0 Å². The van der Waals surface area contributed by atoms with Crippen LogP contribution < -0.4 is 0 Å². The number of hydrogen-bond acceptors (Lipinski definition) is 2. The summed E-state index contributed by atoms with van der Waals surface area (Å²) in [6, 6.07) is 15.4. The van der Waals surface area contributed by atoms with Crippen LogP contribution in [0.1, 0.15) is 48.9 Å². The number of pyridine rings is 2. The smallest absolute Gasteiger partial charge is 0.0740 e. The molecule has 2 heterocycles. The molecule has 0 aliphatic heterocycles. The first-order valence-corrected chi connectivity index (χ1v) is 9.51. The normalized spacial score (nSPS) is 20.0. The van der Waals surface area contributed by atoms with Gasteiger partial charge in [-0.05, 0) is 66.0 Å². The van der Waals surface area contributed by atoms with E-state index in [4.69, 9.17) is 4.98 Å². The van der Waals surface area contributed by atoms with E-state index in [0.717, 1.165) is 28.9 Å². The molecule has 2 heteroatoms. The second-order valence-electron chi connectivity index (χ2n) is 7.60. The van der Waals surface area contributed by atoms with Crippen molar-refractivity contribution in [2.75, 3.05) is 0 Å². The van der Waals surface area contributed by atoms with E-state index in [1.165, 1.54) is 35.1 Å². The molecule has 2 aliphatic rings. The Kier molecular flexibility index (Phi) is 3.70. The maximum absolute atomic E-state index is 4.92. The summed E-state index contributed by atoms with van der Waals surface area (Å²) in [6.45, 7) is 2.29. The van der Waals surface area contributed by atoms with Gasteiger partial charge in [0.05, 0.1) is 11.2 Å². The van der Waals surface area contributed by atoms with Crippen molar-refractivity contribution in [3.63, 3.8) is 0 Å². The van der Waals surface area contributed by atoms with E-state index < -0.39 is 0 Å². The fraction of sp³-hybridized carbons (Fsp3) is 0.250. The first kappa shape index (κ1) is 15.5. The van der Waals surface area contributed by atoms with Crippen LogP contribution >= 0.6 is 0 Å². The predicted molar refractivity (Wildman–Crippen MR) is 108 cm³/mol. The van der Waals surface area contributed by atoms with Gasteiger partial charge in [0.25, 0.3) is 0 Å². The Hall–Kier alpha value is -2.74. The van der Waals surface area contributed by atoms with Crippen LogP contribution in [0, 0.1) is 5.92 Å². The molecule has 1 unspecified atom stereocenters. The Morgan fingerprint density at radius 3 is 2.85 bits per heavy atom. The molecule has 1 aromatic carbocycles. The van der Waals surface area contributed by atoms with Crippen molar-refractivity contribution >= 4 is 22.0 Å². The molecule has 0 radical (unpaired) electrons. The molecule has 26 heavy (non-hydrogen) atoms. The molecular weight excluding hydrogens is 316 g/mol. The van der Waals surface area contributed by atoms with E-state index in [-0.39, 0.29) is 0 Å². The van der Waals surface area contributed by atoms with Gasteiger partial charge >= 0.3 is 0 Å². The average molecular weight is 338 g/mol. The maximum atomic E-state index is 4.92. The molecule has 1 fully saturated rings. The van der Waals surface area contributed by atoms with Gasteiger partial charge in [0, 0.05) is 23.4 Å². The molecule has 2 aromatic heterocycles. The van der Waals surface area contributed by atoms with Gasteiger partial charge in [0.15, 0.2) is 0 Å².